The highest BCUT2D eigenvalue weighted by atomic mass is 32.1. The molecule has 1 aliphatic rings. The summed E-state index contributed by atoms with van der Waals surface area (Å²) in [6, 6.07) is 12.1. The third kappa shape index (κ3) is 3.94. The van der Waals surface area contributed by atoms with Gasteiger partial charge in [0.1, 0.15) is 5.75 Å². The molecule has 0 atom stereocenters. The van der Waals surface area contributed by atoms with Crippen molar-refractivity contribution in [1.82, 2.24) is 5.32 Å². The van der Waals surface area contributed by atoms with Crippen LogP contribution in [0.1, 0.15) is 36.1 Å². The van der Waals surface area contributed by atoms with Crippen molar-refractivity contribution in [2.45, 2.75) is 38.0 Å². The smallest absolute Gasteiger partial charge is 0.257 e. The number of carbonyl (C=O) groups excluding carboxylic acids is 1. The molecule has 1 aromatic heterocycles. The number of nitrogens with one attached hydrogen (secondary N) is 1. The summed E-state index contributed by atoms with van der Waals surface area (Å²) in [7, 11) is 0. The van der Waals surface area contributed by atoms with Gasteiger partial charge in [-0.1, -0.05) is 31.0 Å². The van der Waals surface area contributed by atoms with Crippen molar-refractivity contribution < 1.29 is 9.53 Å². The number of ether oxygens (including phenoxy) is 1. The Labute approximate surface area is 141 Å². The summed E-state index contributed by atoms with van der Waals surface area (Å²) in [6.45, 7) is 2.80. The summed E-state index contributed by atoms with van der Waals surface area (Å²) >= 11 is 1.80. The number of hydrogen-bond acceptors (Lipinski definition) is 3. The Balaban J connectivity index is 1.53. The van der Waals surface area contributed by atoms with Gasteiger partial charge in [-0.15, -0.1) is 11.3 Å². The Morgan fingerprint density at radius 1 is 1.26 bits per heavy atom. The molecule has 1 aromatic carbocycles. The molecule has 23 heavy (non-hydrogen) atoms. The fourth-order valence-electron chi connectivity index (χ4n) is 3.32. The standard InChI is InChI=1S/C19H23NO2S/c1-15-6-4-7-16(12-15)22-13-18(21)20-14-19(9-2-3-10-19)17-8-5-11-23-17/h4-8,11-12H,2-3,9-10,13-14H2,1H3,(H,20,21). The van der Waals surface area contributed by atoms with Gasteiger partial charge >= 0.3 is 0 Å². The molecule has 3 rings (SSSR count). The fraction of sp³-hybridized carbons (Fsp3) is 0.421. The maximum atomic E-state index is 12.1. The van der Waals surface area contributed by atoms with Gasteiger partial charge in [-0.2, -0.15) is 0 Å². The zero-order valence-corrected chi connectivity index (χ0v) is 14.3. The van der Waals surface area contributed by atoms with Crippen molar-refractivity contribution in [2.75, 3.05) is 13.2 Å². The Kier molecular flexibility index (Phi) is 5.01. The molecule has 1 heterocycles. The number of aryl methyl sites for hydroxylation is 1. The van der Waals surface area contributed by atoms with Crippen molar-refractivity contribution in [3.05, 3.63) is 52.2 Å². The Hall–Kier alpha value is -1.81. The molecule has 1 amide bonds. The van der Waals surface area contributed by atoms with Gasteiger partial charge < -0.3 is 10.1 Å². The van der Waals surface area contributed by atoms with Crippen LogP contribution in [0.15, 0.2) is 41.8 Å². The first-order valence-corrected chi connectivity index (χ1v) is 9.06. The van der Waals surface area contributed by atoms with E-state index in [1.165, 1.54) is 17.7 Å². The number of benzene rings is 1. The summed E-state index contributed by atoms with van der Waals surface area (Å²) in [5, 5.41) is 5.20. The Morgan fingerprint density at radius 3 is 2.78 bits per heavy atom. The van der Waals surface area contributed by atoms with E-state index in [0.717, 1.165) is 24.2 Å². The lowest BCUT2D eigenvalue weighted by molar-refractivity contribution is -0.123. The molecule has 0 unspecified atom stereocenters. The summed E-state index contributed by atoms with van der Waals surface area (Å²) in [6.07, 6.45) is 4.81. The zero-order chi connectivity index (χ0) is 16.1. The normalized spacial score (nSPS) is 16.2. The molecule has 2 aromatic rings. The van der Waals surface area contributed by atoms with Crippen LogP contribution in [0.2, 0.25) is 0 Å². The highest BCUT2D eigenvalue weighted by molar-refractivity contribution is 7.10. The fourth-order valence-corrected chi connectivity index (χ4v) is 4.30. The van der Waals surface area contributed by atoms with Gasteiger partial charge in [0.2, 0.25) is 0 Å². The van der Waals surface area contributed by atoms with Gasteiger partial charge in [-0.05, 0) is 48.9 Å². The van der Waals surface area contributed by atoms with Gasteiger partial charge in [0.25, 0.3) is 5.91 Å². The highest BCUT2D eigenvalue weighted by Crippen LogP contribution is 2.42. The second-order valence-electron chi connectivity index (χ2n) is 6.35. The third-order valence-corrected chi connectivity index (χ3v) is 5.70. The van der Waals surface area contributed by atoms with Gasteiger partial charge in [-0.25, -0.2) is 0 Å². The first kappa shape index (κ1) is 16.1. The second-order valence-corrected chi connectivity index (χ2v) is 7.29. The van der Waals surface area contributed by atoms with Gasteiger partial charge in [0, 0.05) is 16.8 Å². The number of rotatable bonds is 6. The van der Waals surface area contributed by atoms with Crippen molar-refractivity contribution in [3.8, 4) is 5.75 Å². The van der Waals surface area contributed by atoms with Crippen LogP contribution in [-0.4, -0.2) is 19.1 Å². The van der Waals surface area contributed by atoms with Gasteiger partial charge in [-0.3, -0.25) is 4.79 Å². The van der Waals surface area contributed by atoms with Crippen molar-refractivity contribution in [3.63, 3.8) is 0 Å². The van der Waals surface area contributed by atoms with Crippen LogP contribution in [0.5, 0.6) is 5.75 Å². The van der Waals surface area contributed by atoms with Crippen LogP contribution < -0.4 is 10.1 Å². The van der Waals surface area contributed by atoms with Gasteiger partial charge in [0.15, 0.2) is 6.61 Å². The summed E-state index contributed by atoms with van der Waals surface area (Å²) < 4.78 is 5.58. The quantitative estimate of drug-likeness (QED) is 0.868. The molecule has 122 valence electrons. The van der Waals surface area contributed by atoms with Crippen LogP contribution >= 0.6 is 11.3 Å². The number of hydrogen-bond donors (Lipinski definition) is 1. The first-order chi connectivity index (χ1) is 11.2. The average molecular weight is 329 g/mol. The molecule has 0 saturated heterocycles. The van der Waals surface area contributed by atoms with E-state index in [2.05, 4.69) is 22.8 Å². The molecule has 0 radical (unpaired) electrons. The van der Waals surface area contributed by atoms with Crippen LogP contribution in [0.25, 0.3) is 0 Å². The molecule has 0 bridgehead atoms. The topological polar surface area (TPSA) is 38.3 Å². The molecule has 0 aliphatic heterocycles. The largest absolute Gasteiger partial charge is 0.484 e. The van der Waals surface area contributed by atoms with Gasteiger partial charge in [0.05, 0.1) is 0 Å². The van der Waals surface area contributed by atoms with E-state index >= 15 is 0 Å². The van der Waals surface area contributed by atoms with E-state index in [9.17, 15) is 4.79 Å². The second kappa shape index (κ2) is 7.18. The molecule has 0 spiro atoms. The van der Waals surface area contributed by atoms with E-state index in [4.69, 9.17) is 4.74 Å². The van der Waals surface area contributed by atoms with E-state index in [-0.39, 0.29) is 17.9 Å². The maximum Gasteiger partial charge on any atom is 0.257 e. The molecular weight excluding hydrogens is 306 g/mol. The van der Waals surface area contributed by atoms with Crippen LogP contribution in [0, 0.1) is 6.92 Å². The third-order valence-electron chi connectivity index (χ3n) is 4.59. The molecule has 1 saturated carbocycles. The monoisotopic (exact) mass is 329 g/mol. The predicted octanol–water partition coefficient (Wildman–Crippen LogP) is 4.06. The predicted molar refractivity (Wildman–Crippen MR) is 94.1 cm³/mol. The lowest BCUT2D eigenvalue weighted by Crippen LogP contribution is -2.40. The number of thiophene rings is 1. The Morgan fingerprint density at radius 2 is 2.09 bits per heavy atom. The summed E-state index contributed by atoms with van der Waals surface area (Å²) in [5.41, 5.74) is 1.26. The van der Waals surface area contributed by atoms with Crippen LogP contribution in [0.3, 0.4) is 0 Å². The minimum atomic E-state index is -0.0469. The number of amides is 1. The number of carbonyl (C=O) groups is 1. The average Bonchev–Trinajstić information content (AvgIpc) is 3.23. The molecule has 1 fully saturated rings. The lowest BCUT2D eigenvalue weighted by atomic mass is 9.84. The highest BCUT2D eigenvalue weighted by Gasteiger charge is 2.36. The zero-order valence-electron chi connectivity index (χ0n) is 13.5. The first-order valence-electron chi connectivity index (χ1n) is 8.18. The molecule has 1 N–H and O–H groups in total. The minimum Gasteiger partial charge on any atom is -0.484 e. The van der Waals surface area contributed by atoms with Crippen LogP contribution in [0.4, 0.5) is 0 Å². The van der Waals surface area contributed by atoms with Crippen molar-refractivity contribution in [2.24, 2.45) is 0 Å². The summed E-state index contributed by atoms with van der Waals surface area (Å²) in [5.74, 6) is 0.698. The van der Waals surface area contributed by atoms with Crippen LogP contribution in [-0.2, 0) is 10.2 Å². The SMILES string of the molecule is Cc1cccc(OCC(=O)NCC2(c3cccs3)CCCC2)c1. The van der Waals surface area contributed by atoms with E-state index in [1.54, 1.807) is 11.3 Å². The molecule has 3 nitrogen and oxygen atoms in total. The molecule has 4 heteroatoms. The molecule has 1 aliphatic carbocycles. The van der Waals surface area contributed by atoms with Crippen molar-refractivity contribution >= 4 is 17.2 Å². The van der Waals surface area contributed by atoms with E-state index < -0.39 is 0 Å². The van der Waals surface area contributed by atoms with E-state index in [1.807, 2.05) is 31.2 Å². The lowest BCUT2D eigenvalue weighted by Gasteiger charge is -2.28. The van der Waals surface area contributed by atoms with E-state index in [0.29, 0.717) is 6.54 Å². The van der Waals surface area contributed by atoms with Crippen molar-refractivity contribution in [1.29, 1.82) is 0 Å². The Bertz CT molecular complexity index is 645. The molecular formula is C19H23NO2S. The minimum absolute atomic E-state index is 0.0469. The summed E-state index contributed by atoms with van der Waals surface area (Å²) in [4.78, 5) is 13.5. The maximum absolute atomic E-state index is 12.1.